The molecule has 2 amide bonds. The number of nitrogens with zero attached hydrogens (tertiary/aromatic N) is 3. The van der Waals surface area contributed by atoms with E-state index in [2.05, 4.69) is 5.10 Å². The molecule has 29 heavy (non-hydrogen) atoms. The van der Waals surface area contributed by atoms with E-state index in [0.717, 1.165) is 17.0 Å². The lowest BCUT2D eigenvalue weighted by Crippen LogP contribution is -2.64. The van der Waals surface area contributed by atoms with E-state index in [1.165, 1.54) is 0 Å². The lowest BCUT2D eigenvalue weighted by atomic mass is 9.73. The Morgan fingerprint density at radius 2 is 1.90 bits per heavy atom. The first kappa shape index (κ1) is 18.7. The highest BCUT2D eigenvalue weighted by atomic mass is 16.5. The Balaban J connectivity index is 1.46. The van der Waals surface area contributed by atoms with Gasteiger partial charge in [0.2, 0.25) is 5.91 Å². The Morgan fingerprint density at radius 1 is 1.14 bits per heavy atom. The zero-order valence-electron chi connectivity index (χ0n) is 16.1. The summed E-state index contributed by atoms with van der Waals surface area (Å²) < 4.78 is 6.97. The Morgan fingerprint density at radius 3 is 2.52 bits per heavy atom. The van der Waals surface area contributed by atoms with Crippen molar-refractivity contribution in [3.63, 3.8) is 0 Å². The second-order valence-corrected chi connectivity index (χ2v) is 7.33. The van der Waals surface area contributed by atoms with Crippen LogP contribution in [0.25, 0.3) is 5.69 Å². The van der Waals surface area contributed by atoms with Crippen molar-refractivity contribution in [2.45, 2.75) is 6.42 Å². The largest absolute Gasteiger partial charge is 0.497 e. The third-order valence-corrected chi connectivity index (χ3v) is 5.36. The number of nitrogens with two attached hydrogens (primary N) is 1. The molecule has 4 rings (SSSR count). The number of rotatable bonds is 6. The van der Waals surface area contributed by atoms with Gasteiger partial charge < -0.3 is 15.4 Å². The van der Waals surface area contributed by atoms with Crippen molar-refractivity contribution in [1.82, 2.24) is 14.7 Å². The van der Waals surface area contributed by atoms with Gasteiger partial charge in [0.1, 0.15) is 5.75 Å². The van der Waals surface area contributed by atoms with Crippen molar-refractivity contribution >= 4 is 11.8 Å². The zero-order valence-corrected chi connectivity index (χ0v) is 16.1. The number of ether oxygens (including phenoxy) is 1. The second kappa shape index (κ2) is 7.43. The summed E-state index contributed by atoms with van der Waals surface area (Å²) >= 11 is 0. The van der Waals surface area contributed by atoms with Crippen LogP contribution in [0, 0.1) is 5.41 Å². The molecule has 148 valence electrons. The fourth-order valence-corrected chi connectivity index (χ4v) is 3.72. The van der Waals surface area contributed by atoms with Gasteiger partial charge in [-0.1, -0.05) is 12.1 Å². The van der Waals surface area contributed by atoms with E-state index in [9.17, 15) is 9.59 Å². The highest BCUT2D eigenvalue weighted by Crippen LogP contribution is 2.35. The van der Waals surface area contributed by atoms with Crippen molar-refractivity contribution in [3.05, 3.63) is 78.1 Å². The minimum atomic E-state index is -0.753. The molecular formula is C22H22N4O3. The molecule has 2 N–H and O–H groups in total. The summed E-state index contributed by atoms with van der Waals surface area (Å²) in [5.41, 5.74) is 7.36. The summed E-state index contributed by atoms with van der Waals surface area (Å²) in [5.74, 6) is 0.226. The fraction of sp³-hybridized carbons (Fsp3) is 0.227. The predicted octanol–water partition coefficient (Wildman–Crippen LogP) is 2.05. The quantitative estimate of drug-likeness (QED) is 0.697. The maximum atomic E-state index is 12.8. The van der Waals surface area contributed by atoms with Crippen molar-refractivity contribution in [3.8, 4) is 11.4 Å². The molecule has 0 radical (unpaired) electrons. The third kappa shape index (κ3) is 3.59. The van der Waals surface area contributed by atoms with Gasteiger partial charge in [-0.2, -0.15) is 5.10 Å². The Bertz CT molecular complexity index is 1020. The van der Waals surface area contributed by atoms with E-state index in [4.69, 9.17) is 10.5 Å². The molecule has 7 heteroatoms. The predicted molar refractivity (Wildman–Crippen MR) is 108 cm³/mol. The molecule has 7 nitrogen and oxygen atoms in total. The van der Waals surface area contributed by atoms with Crippen LogP contribution >= 0.6 is 0 Å². The minimum absolute atomic E-state index is 0.112. The maximum Gasteiger partial charge on any atom is 0.253 e. The highest BCUT2D eigenvalue weighted by molar-refractivity contribution is 5.97. The van der Waals surface area contributed by atoms with Crippen LogP contribution in [0.4, 0.5) is 0 Å². The highest BCUT2D eigenvalue weighted by Gasteiger charge is 2.49. The molecule has 2 heterocycles. The number of aromatic nitrogens is 2. The van der Waals surface area contributed by atoms with Gasteiger partial charge in [0.25, 0.3) is 5.91 Å². The average molecular weight is 390 g/mol. The molecule has 1 saturated heterocycles. The maximum absolute atomic E-state index is 12.8. The standard InChI is InChI=1S/C22H22N4O3/c1-29-19-5-2-4-16(12-19)13-22(21(23)28)14-25(15-22)20(27)17-6-8-18(9-7-17)26-11-3-10-24-26/h2-12H,13-15H2,1H3,(H2,23,28). The molecule has 0 bridgehead atoms. The van der Waals surface area contributed by atoms with Crippen LogP contribution < -0.4 is 10.5 Å². The summed E-state index contributed by atoms with van der Waals surface area (Å²) in [6.45, 7) is 0.610. The van der Waals surface area contributed by atoms with Gasteiger partial charge in [0, 0.05) is 31.0 Å². The van der Waals surface area contributed by atoms with Crippen LogP contribution in [0.1, 0.15) is 15.9 Å². The molecular weight excluding hydrogens is 368 g/mol. The van der Waals surface area contributed by atoms with Crippen LogP contribution in [0.15, 0.2) is 67.0 Å². The molecule has 3 aromatic rings. The summed E-state index contributed by atoms with van der Waals surface area (Å²) in [6.07, 6.45) is 4.01. The molecule has 0 aliphatic carbocycles. The van der Waals surface area contributed by atoms with E-state index in [1.54, 1.807) is 35.0 Å². The number of methoxy groups -OCH3 is 1. The molecule has 0 unspecified atom stereocenters. The van der Waals surface area contributed by atoms with Gasteiger partial charge in [-0.25, -0.2) is 4.68 Å². The number of likely N-dealkylation sites (tertiary alicyclic amines) is 1. The first-order valence-corrected chi connectivity index (χ1v) is 9.33. The van der Waals surface area contributed by atoms with Gasteiger partial charge in [-0.3, -0.25) is 9.59 Å². The first-order valence-electron chi connectivity index (χ1n) is 9.33. The molecule has 0 spiro atoms. The summed E-state index contributed by atoms with van der Waals surface area (Å²) in [4.78, 5) is 26.7. The zero-order chi connectivity index (χ0) is 20.4. The fourth-order valence-electron chi connectivity index (χ4n) is 3.72. The monoisotopic (exact) mass is 390 g/mol. The number of hydrogen-bond donors (Lipinski definition) is 1. The minimum Gasteiger partial charge on any atom is -0.497 e. The van der Waals surface area contributed by atoms with Crippen LogP contribution in [0.5, 0.6) is 5.75 Å². The van der Waals surface area contributed by atoms with Crippen molar-refractivity contribution in [2.75, 3.05) is 20.2 Å². The van der Waals surface area contributed by atoms with E-state index in [-0.39, 0.29) is 5.91 Å². The summed E-state index contributed by atoms with van der Waals surface area (Å²) in [6, 6.07) is 16.6. The molecule has 2 aromatic carbocycles. The lowest BCUT2D eigenvalue weighted by Gasteiger charge is -2.48. The van der Waals surface area contributed by atoms with E-state index in [1.807, 2.05) is 48.7 Å². The van der Waals surface area contributed by atoms with Gasteiger partial charge in [0.05, 0.1) is 18.2 Å². The van der Waals surface area contributed by atoms with Crippen LogP contribution in [0.2, 0.25) is 0 Å². The normalized spacial score (nSPS) is 14.9. The van der Waals surface area contributed by atoms with Crippen molar-refractivity contribution in [1.29, 1.82) is 0 Å². The molecule has 0 saturated carbocycles. The lowest BCUT2D eigenvalue weighted by molar-refractivity contribution is -0.135. The van der Waals surface area contributed by atoms with E-state index < -0.39 is 11.3 Å². The first-order chi connectivity index (χ1) is 14.0. The van der Waals surface area contributed by atoms with Gasteiger partial charge in [-0.05, 0) is 54.4 Å². The Hall–Kier alpha value is -3.61. The SMILES string of the molecule is COc1cccc(CC2(C(N)=O)CN(C(=O)c3ccc(-n4cccn4)cc3)C2)c1. The Kier molecular flexibility index (Phi) is 4.80. The molecule has 1 aliphatic heterocycles. The van der Waals surface area contributed by atoms with Crippen molar-refractivity contribution in [2.24, 2.45) is 11.1 Å². The average Bonchev–Trinajstić information content (AvgIpc) is 3.25. The summed E-state index contributed by atoms with van der Waals surface area (Å²) in [7, 11) is 1.60. The molecule has 1 fully saturated rings. The van der Waals surface area contributed by atoms with E-state index >= 15 is 0 Å². The van der Waals surface area contributed by atoms with Crippen LogP contribution in [-0.2, 0) is 11.2 Å². The van der Waals surface area contributed by atoms with E-state index in [0.29, 0.717) is 25.1 Å². The summed E-state index contributed by atoms with van der Waals surface area (Å²) in [5, 5.41) is 4.18. The number of benzene rings is 2. The second-order valence-electron chi connectivity index (χ2n) is 7.33. The Labute approximate surface area is 168 Å². The molecule has 0 atom stereocenters. The van der Waals surface area contributed by atoms with Gasteiger partial charge >= 0.3 is 0 Å². The number of carbonyl (C=O) groups is 2. The number of primary amides is 1. The smallest absolute Gasteiger partial charge is 0.253 e. The molecule has 1 aliphatic rings. The van der Waals surface area contributed by atoms with Gasteiger partial charge in [-0.15, -0.1) is 0 Å². The van der Waals surface area contributed by atoms with Crippen LogP contribution in [-0.4, -0.2) is 46.7 Å². The van der Waals surface area contributed by atoms with Crippen molar-refractivity contribution < 1.29 is 14.3 Å². The van der Waals surface area contributed by atoms with Crippen LogP contribution in [0.3, 0.4) is 0 Å². The molecule has 1 aromatic heterocycles. The number of hydrogen-bond acceptors (Lipinski definition) is 4. The third-order valence-electron chi connectivity index (χ3n) is 5.36. The van der Waals surface area contributed by atoms with Gasteiger partial charge in [0.15, 0.2) is 0 Å². The number of amides is 2. The topological polar surface area (TPSA) is 90.5 Å². The number of carbonyl (C=O) groups excluding carboxylic acids is 2.